The van der Waals surface area contributed by atoms with Gasteiger partial charge in [0.2, 0.25) is 0 Å². The average molecular weight is 258 g/mol. The number of nitrogens with one attached hydrogen (secondary N) is 1. The maximum absolute atomic E-state index is 8.90. The lowest BCUT2D eigenvalue weighted by Gasteiger charge is -2.26. The van der Waals surface area contributed by atoms with Crippen molar-refractivity contribution in [1.82, 2.24) is 5.32 Å². The number of hydrogen-bond acceptors (Lipinski definition) is 3. The molecular formula is C16H22N2O. The Morgan fingerprint density at radius 2 is 2.05 bits per heavy atom. The molecule has 0 spiro atoms. The van der Waals surface area contributed by atoms with Crippen LogP contribution in [0.4, 0.5) is 0 Å². The Hall–Kier alpha value is -1.53. The summed E-state index contributed by atoms with van der Waals surface area (Å²) in [5.41, 5.74) is 2.47. The standard InChI is InChI=1S/C16H22N2O/c1-12-3-8-16(19-2)14(9-12)11-18-15-6-4-13(10-17)5-7-15/h3,8-9,13,15,18H,4-7,11H2,1-2H3. The number of nitrogens with zero attached hydrogens (tertiary/aromatic N) is 1. The molecule has 1 N–H and O–H groups in total. The van der Waals surface area contributed by atoms with Gasteiger partial charge in [-0.3, -0.25) is 0 Å². The zero-order valence-corrected chi connectivity index (χ0v) is 11.8. The number of benzene rings is 1. The molecule has 19 heavy (non-hydrogen) atoms. The Morgan fingerprint density at radius 3 is 2.68 bits per heavy atom. The lowest BCUT2D eigenvalue weighted by molar-refractivity contribution is 0.328. The molecule has 3 heteroatoms. The zero-order valence-electron chi connectivity index (χ0n) is 11.8. The molecule has 0 amide bonds. The molecule has 1 aromatic carbocycles. The van der Waals surface area contributed by atoms with Gasteiger partial charge in [-0.1, -0.05) is 17.7 Å². The van der Waals surface area contributed by atoms with Crippen molar-refractivity contribution in [2.24, 2.45) is 5.92 Å². The van der Waals surface area contributed by atoms with Crippen LogP contribution in [0.5, 0.6) is 5.75 Å². The Balaban J connectivity index is 1.89. The number of ether oxygens (including phenoxy) is 1. The van der Waals surface area contributed by atoms with Crippen LogP contribution in [-0.4, -0.2) is 13.2 Å². The van der Waals surface area contributed by atoms with E-state index >= 15 is 0 Å². The van der Waals surface area contributed by atoms with Crippen LogP contribution in [0.1, 0.15) is 36.8 Å². The Bertz CT molecular complexity index is 456. The Labute approximate surface area is 115 Å². The predicted molar refractivity (Wildman–Crippen MR) is 75.9 cm³/mol. The molecule has 0 atom stereocenters. The van der Waals surface area contributed by atoms with Gasteiger partial charge in [-0.25, -0.2) is 0 Å². The molecule has 0 aliphatic heterocycles. The molecule has 0 aromatic heterocycles. The minimum absolute atomic E-state index is 0.270. The van der Waals surface area contributed by atoms with Gasteiger partial charge in [0, 0.05) is 24.1 Å². The summed E-state index contributed by atoms with van der Waals surface area (Å²) in [7, 11) is 1.71. The number of rotatable bonds is 4. The third-order valence-electron chi connectivity index (χ3n) is 3.93. The van der Waals surface area contributed by atoms with Gasteiger partial charge in [-0.2, -0.15) is 5.26 Å². The van der Waals surface area contributed by atoms with E-state index in [0.29, 0.717) is 6.04 Å². The van der Waals surface area contributed by atoms with Crippen molar-refractivity contribution in [3.8, 4) is 11.8 Å². The quantitative estimate of drug-likeness (QED) is 0.902. The van der Waals surface area contributed by atoms with Gasteiger partial charge in [0.1, 0.15) is 5.75 Å². The fourth-order valence-corrected chi connectivity index (χ4v) is 2.73. The highest BCUT2D eigenvalue weighted by atomic mass is 16.5. The number of methoxy groups -OCH3 is 1. The number of aryl methyl sites for hydroxylation is 1. The minimum atomic E-state index is 0.270. The van der Waals surface area contributed by atoms with Crippen LogP contribution < -0.4 is 10.1 Å². The number of nitriles is 1. The van der Waals surface area contributed by atoms with Gasteiger partial charge >= 0.3 is 0 Å². The van der Waals surface area contributed by atoms with Gasteiger partial charge in [0.25, 0.3) is 0 Å². The van der Waals surface area contributed by atoms with Crippen LogP contribution in [0.15, 0.2) is 18.2 Å². The van der Waals surface area contributed by atoms with Crippen molar-refractivity contribution < 1.29 is 4.74 Å². The third kappa shape index (κ3) is 3.71. The number of hydrogen-bond donors (Lipinski definition) is 1. The first-order chi connectivity index (χ1) is 9.22. The van der Waals surface area contributed by atoms with Crippen molar-refractivity contribution in [2.75, 3.05) is 7.11 Å². The van der Waals surface area contributed by atoms with E-state index in [-0.39, 0.29) is 5.92 Å². The normalized spacial score (nSPS) is 22.8. The van der Waals surface area contributed by atoms with E-state index in [2.05, 4.69) is 30.4 Å². The summed E-state index contributed by atoms with van der Waals surface area (Å²) < 4.78 is 5.39. The summed E-state index contributed by atoms with van der Waals surface area (Å²) in [6.07, 6.45) is 4.26. The molecular weight excluding hydrogens is 236 g/mol. The molecule has 1 aliphatic rings. The molecule has 0 radical (unpaired) electrons. The highest BCUT2D eigenvalue weighted by molar-refractivity contribution is 5.36. The Morgan fingerprint density at radius 1 is 1.32 bits per heavy atom. The maximum Gasteiger partial charge on any atom is 0.123 e. The molecule has 0 saturated heterocycles. The highest BCUT2D eigenvalue weighted by Gasteiger charge is 2.20. The van der Waals surface area contributed by atoms with Crippen LogP contribution in [0.2, 0.25) is 0 Å². The smallest absolute Gasteiger partial charge is 0.123 e. The molecule has 102 valence electrons. The highest BCUT2D eigenvalue weighted by Crippen LogP contribution is 2.25. The van der Waals surface area contributed by atoms with Gasteiger partial charge in [-0.05, 0) is 38.7 Å². The molecule has 1 fully saturated rings. The largest absolute Gasteiger partial charge is 0.496 e. The van der Waals surface area contributed by atoms with Crippen molar-refractivity contribution in [3.05, 3.63) is 29.3 Å². The summed E-state index contributed by atoms with van der Waals surface area (Å²) in [6, 6.07) is 9.18. The molecule has 1 saturated carbocycles. The molecule has 1 aromatic rings. The molecule has 0 heterocycles. The van der Waals surface area contributed by atoms with E-state index in [1.807, 2.05) is 6.07 Å². The SMILES string of the molecule is COc1ccc(C)cc1CNC1CCC(C#N)CC1. The summed E-state index contributed by atoms with van der Waals surface area (Å²) in [5.74, 6) is 1.22. The van der Waals surface area contributed by atoms with E-state index < -0.39 is 0 Å². The van der Waals surface area contributed by atoms with Crippen LogP contribution in [-0.2, 0) is 6.54 Å². The molecule has 3 nitrogen and oxygen atoms in total. The van der Waals surface area contributed by atoms with E-state index in [1.165, 1.54) is 11.1 Å². The fourth-order valence-electron chi connectivity index (χ4n) is 2.73. The van der Waals surface area contributed by atoms with Crippen molar-refractivity contribution >= 4 is 0 Å². The lowest BCUT2D eigenvalue weighted by atomic mass is 9.87. The topological polar surface area (TPSA) is 45.0 Å². The van der Waals surface area contributed by atoms with Crippen molar-refractivity contribution in [2.45, 2.75) is 45.2 Å². The van der Waals surface area contributed by atoms with Gasteiger partial charge < -0.3 is 10.1 Å². The van der Waals surface area contributed by atoms with Gasteiger partial charge in [0.05, 0.1) is 13.2 Å². The summed E-state index contributed by atoms with van der Waals surface area (Å²) >= 11 is 0. The first-order valence-electron chi connectivity index (χ1n) is 6.99. The maximum atomic E-state index is 8.90. The van der Waals surface area contributed by atoms with Crippen molar-refractivity contribution in [3.63, 3.8) is 0 Å². The van der Waals surface area contributed by atoms with E-state index in [1.54, 1.807) is 7.11 Å². The third-order valence-corrected chi connectivity index (χ3v) is 3.93. The molecule has 2 rings (SSSR count). The summed E-state index contributed by atoms with van der Waals surface area (Å²) in [5, 5.41) is 12.5. The molecule has 0 bridgehead atoms. The van der Waals surface area contributed by atoms with Crippen molar-refractivity contribution in [1.29, 1.82) is 5.26 Å². The lowest BCUT2D eigenvalue weighted by Crippen LogP contribution is -2.32. The fraction of sp³-hybridized carbons (Fsp3) is 0.562. The van der Waals surface area contributed by atoms with E-state index in [9.17, 15) is 0 Å². The van der Waals surface area contributed by atoms with Crippen LogP contribution in [0.3, 0.4) is 0 Å². The average Bonchev–Trinajstić information content (AvgIpc) is 2.46. The first-order valence-corrected chi connectivity index (χ1v) is 6.99. The monoisotopic (exact) mass is 258 g/mol. The summed E-state index contributed by atoms with van der Waals surface area (Å²) in [4.78, 5) is 0. The first kappa shape index (κ1) is 13.9. The molecule has 1 aliphatic carbocycles. The predicted octanol–water partition coefficient (Wildman–Crippen LogP) is 3.18. The minimum Gasteiger partial charge on any atom is -0.496 e. The summed E-state index contributed by atoms with van der Waals surface area (Å²) in [6.45, 7) is 2.94. The van der Waals surface area contributed by atoms with Crippen LogP contribution in [0.25, 0.3) is 0 Å². The van der Waals surface area contributed by atoms with Gasteiger partial charge in [0.15, 0.2) is 0 Å². The van der Waals surface area contributed by atoms with Crippen LogP contribution >= 0.6 is 0 Å². The van der Waals surface area contributed by atoms with Gasteiger partial charge in [-0.15, -0.1) is 0 Å². The second-order valence-corrected chi connectivity index (χ2v) is 5.37. The molecule has 0 unspecified atom stereocenters. The second kappa shape index (κ2) is 6.58. The Kier molecular flexibility index (Phi) is 4.81. The van der Waals surface area contributed by atoms with E-state index in [0.717, 1.165) is 38.0 Å². The zero-order chi connectivity index (χ0) is 13.7. The second-order valence-electron chi connectivity index (χ2n) is 5.37. The van der Waals surface area contributed by atoms with Crippen LogP contribution in [0, 0.1) is 24.2 Å². The van der Waals surface area contributed by atoms with E-state index in [4.69, 9.17) is 10.00 Å².